The summed E-state index contributed by atoms with van der Waals surface area (Å²) in [5, 5.41) is 3.59. The van der Waals surface area contributed by atoms with Crippen molar-refractivity contribution in [1.29, 1.82) is 0 Å². The highest BCUT2D eigenvalue weighted by Crippen LogP contribution is 2.22. The Morgan fingerprint density at radius 1 is 1.38 bits per heavy atom. The molecule has 0 fully saturated rings. The number of ether oxygens (including phenoxy) is 1. The van der Waals surface area contributed by atoms with Gasteiger partial charge in [0.05, 0.1) is 0 Å². The van der Waals surface area contributed by atoms with Crippen LogP contribution in [0.25, 0.3) is 10.9 Å². The normalized spacial score (nSPS) is 11.7. The molecular formula is C16H21FN2O2. The molecule has 1 heterocycles. The van der Waals surface area contributed by atoms with Crippen molar-refractivity contribution in [3.8, 4) is 0 Å². The van der Waals surface area contributed by atoms with Gasteiger partial charge in [0, 0.05) is 30.7 Å². The first kappa shape index (κ1) is 15.4. The van der Waals surface area contributed by atoms with Crippen molar-refractivity contribution in [2.75, 3.05) is 6.54 Å². The van der Waals surface area contributed by atoms with Crippen molar-refractivity contribution in [3.05, 3.63) is 35.8 Å². The van der Waals surface area contributed by atoms with Crippen molar-refractivity contribution in [2.45, 2.75) is 32.8 Å². The molecule has 0 bridgehead atoms. The number of aromatic nitrogens is 1. The van der Waals surface area contributed by atoms with Gasteiger partial charge >= 0.3 is 6.09 Å². The third kappa shape index (κ3) is 3.97. The van der Waals surface area contributed by atoms with Crippen molar-refractivity contribution in [3.63, 3.8) is 0 Å². The molecule has 21 heavy (non-hydrogen) atoms. The average Bonchev–Trinajstić information content (AvgIpc) is 2.63. The second kappa shape index (κ2) is 5.76. The number of fused-ring (bicyclic) bond motifs is 1. The number of alkyl carbamates (subject to hydrolysis) is 1. The number of benzene rings is 1. The number of rotatable bonds is 3. The molecule has 0 spiro atoms. The fourth-order valence-electron chi connectivity index (χ4n) is 2.26. The van der Waals surface area contributed by atoms with Crippen molar-refractivity contribution < 1.29 is 13.9 Å². The van der Waals surface area contributed by atoms with E-state index in [2.05, 4.69) is 5.32 Å². The maximum Gasteiger partial charge on any atom is 0.407 e. The molecule has 1 aromatic heterocycles. The highest BCUT2D eigenvalue weighted by Gasteiger charge is 2.15. The topological polar surface area (TPSA) is 43.3 Å². The zero-order valence-corrected chi connectivity index (χ0v) is 12.9. The van der Waals surface area contributed by atoms with Gasteiger partial charge in [0.1, 0.15) is 11.4 Å². The van der Waals surface area contributed by atoms with Crippen LogP contribution in [-0.4, -0.2) is 22.8 Å². The number of nitrogens with one attached hydrogen (secondary N) is 1. The lowest BCUT2D eigenvalue weighted by atomic mass is 10.1. The van der Waals surface area contributed by atoms with Crippen LogP contribution in [0.4, 0.5) is 9.18 Å². The smallest absolute Gasteiger partial charge is 0.407 e. The zero-order valence-electron chi connectivity index (χ0n) is 12.9. The molecule has 1 amide bonds. The third-order valence-corrected chi connectivity index (χ3v) is 3.10. The Labute approximate surface area is 123 Å². The highest BCUT2D eigenvalue weighted by atomic mass is 19.1. The summed E-state index contributed by atoms with van der Waals surface area (Å²) in [7, 11) is 1.92. The van der Waals surface area contributed by atoms with Crippen LogP contribution in [0.1, 0.15) is 26.3 Å². The number of carbonyl (C=O) groups excluding carboxylic acids is 1. The minimum Gasteiger partial charge on any atom is -0.444 e. The second-order valence-corrected chi connectivity index (χ2v) is 6.11. The number of amides is 1. The molecule has 0 radical (unpaired) electrons. The number of hydrogen-bond donors (Lipinski definition) is 1. The minimum atomic E-state index is -0.507. The van der Waals surface area contributed by atoms with Gasteiger partial charge in [-0.15, -0.1) is 0 Å². The highest BCUT2D eigenvalue weighted by molar-refractivity contribution is 5.84. The Morgan fingerprint density at radius 2 is 2.10 bits per heavy atom. The monoisotopic (exact) mass is 292 g/mol. The van der Waals surface area contributed by atoms with Gasteiger partial charge in [0.25, 0.3) is 0 Å². The Hall–Kier alpha value is -2.04. The van der Waals surface area contributed by atoms with Crippen molar-refractivity contribution in [1.82, 2.24) is 9.88 Å². The number of hydrogen-bond acceptors (Lipinski definition) is 2. The number of aryl methyl sites for hydroxylation is 1. The van der Waals surface area contributed by atoms with Crippen LogP contribution in [0.2, 0.25) is 0 Å². The molecule has 5 heteroatoms. The van der Waals surface area contributed by atoms with E-state index in [4.69, 9.17) is 4.74 Å². The maximum absolute atomic E-state index is 13.4. The van der Waals surface area contributed by atoms with Crippen LogP contribution in [0, 0.1) is 5.82 Å². The van der Waals surface area contributed by atoms with Gasteiger partial charge in [-0.2, -0.15) is 0 Å². The molecule has 0 aliphatic carbocycles. The molecule has 0 aliphatic rings. The minimum absolute atomic E-state index is 0.255. The summed E-state index contributed by atoms with van der Waals surface area (Å²) in [5.74, 6) is -0.255. The van der Waals surface area contributed by atoms with Gasteiger partial charge in [-0.05, 0) is 51.0 Å². The molecule has 2 rings (SSSR count). The largest absolute Gasteiger partial charge is 0.444 e. The van der Waals surface area contributed by atoms with Crippen LogP contribution < -0.4 is 5.32 Å². The molecule has 4 nitrogen and oxygen atoms in total. The van der Waals surface area contributed by atoms with Gasteiger partial charge in [0.2, 0.25) is 0 Å². The lowest BCUT2D eigenvalue weighted by molar-refractivity contribution is 0.0528. The average molecular weight is 292 g/mol. The lowest BCUT2D eigenvalue weighted by Gasteiger charge is -2.19. The molecule has 114 valence electrons. The van der Waals surface area contributed by atoms with Crippen LogP contribution in [0.3, 0.4) is 0 Å². The molecule has 0 atom stereocenters. The van der Waals surface area contributed by atoms with E-state index in [1.54, 1.807) is 6.07 Å². The van der Waals surface area contributed by atoms with Gasteiger partial charge < -0.3 is 14.6 Å². The van der Waals surface area contributed by atoms with Gasteiger partial charge in [0.15, 0.2) is 0 Å². The summed E-state index contributed by atoms with van der Waals surface area (Å²) in [6.45, 7) is 5.91. The van der Waals surface area contributed by atoms with E-state index in [9.17, 15) is 9.18 Å². The zero-order chi connectivity index (χ0) is 15.6. The Balaban J connectivity index is 2.01. The number of nitrogens with zero attached hydrogens (tertiary/aromatic N) is 1. The molecule has 1 aromatic carbocycles. The molecule has 2 aromatic rings. The first-order valence-corrected chi connectivity index (χ1v) is 6.96. The first-order valence-electron chi connectivity index (χ1n) is 6.96. The standard InChI is InChI=1S/C16H21FN2O2/c1-16(2,3)21-15(20)18-8-7-11-10-19(4)14-6-5-12(17)9-13(11)14/h5-6,9-10H,7-8H2,1-4H3,(H,18,20). The van der Waals surface area contributed by atoms with Crippen LogP contribution in [0.5, 0.6) is 0 Å². The molecule has 0 saturated carbocycles. The van der Waals surface area contributed by atoms with E-state index < -0.39 is 11.7 Å². The quantitative estimate of drug-likeness (QED) is 0.942. The molecule has 1 N–H and O–H groups in total. The fraction of sp³-hybridized carbons (Fsp3) is 0.438. The lowest BCUT2D eigenvalue weighted by Crippen LogP contribution is -2.33. The van der Waals surface area contributed by atoms with Crippen molar-refractivity contribution in [2.24, 2.45) is 7.05 Å². The predicted octanol–water partition coefficient (Wildman–Crippen LogP) is 3.38. The van der Waals surface area contributed by atoms with E-state index in [0.717, 1.165) is 16.5 Å². The first-order chi connectivity index (χ1) is 9.76. The summed E-state index contributed by atoms with van der Waals surface area (Å²) in [6.07, 6.45) is 2.15. The number of carbonyl (C=O) groups is 1. The summed E-state index contributed by atoms with van der Waals surface area (Å²) in [6, 6.07) is 4.73. The van der Waals surface area contributed by atoms with Crippen molar-refractivity contribution >= 4 is 17.0 Å². The van der Waals surface area contributed by atoms with E-state index in [1.807, 2.05) is 38.6 Å². The van der Waals surface area contributed by atoms with Gasteiger partial charge in [-0.3, -0.25) is 0 Å². The van der Waals surface area contributed by atoms with Gasteiger partial charge in [-0.1, -0.05) is 0 Å². The van der Waals surface area contributed by atoms with Crippen LogP contribution >= 0.6 is 0 Å². The predicted molar refractivity (Wildman–Crippen MR) is 80.8 cm³/mol. The third-order valence-electron chi connectivity index (χ3n) is 3.10. The van der Waals surface area contributed by atoms with Crippen LogP contribution in [-0.2, 0) is 18.2 Å². The fourth-order valence-corrected chi connectivity index (χ4v) is 2.26. The summed E-state index contributed by atoms with van der Waals surface area (Å²) < 4.78 is 20.5. The summed E-state index contributed by atoms with van der Waals surface area (Å²) in [5.41, 5.74) is 1.47. The summed E-state index contributed by atoms with van der Waals surface area (Å²) in [4.78, 5) is 11.6. The van der Waals surface area contributed by atoms with E-state index >= 15 is 0 Å². The Kier molecular flexibility index (Phi) is 4.21. The number of halogens is 1. The Morgan fingerprint density at radius 3 is 2.76 bits per heavy atom. The molecule has 0 aliphatic heterocycles. The van der Waals surface area contributed by atoms with E-state index in [-0.39, 0.29) is 5.82 Å². The van der Waals surface area contributed by atoms with E-state index in [0.29, 0.717) is 13.0 Å². The second-order valence-electron chi connectivity index (χ2n) is 6.11. The Bertz CT molecular complexity index is 656. The van der Waals surface area contributed by atoms with Gasteiger partial charge in [-0.25, -0.2) is 9.18 Å². The summed E-state index contributed by atoms with van der Waals surface area (Å²) >= 11 is 0. The SMILES string of the molecule is Cn1cc(CCNC(=O)OC(C)(C)C)c2cc(F)ccc21. The van der Waals surface area contributed by atoms with Crippen LogP contribution in [0.15, 0.2) is 24.4 Å². The molecule has 0 unspecified atom stereocenters. The molecular weight excluding hydrogens is 271 g/mol. The molecule has 0 saturated heterocycles. The maximum atomic E-state index is 13.4. The van der Waals surface area contributed by atoms with E-state index in [1.165, 1.54) is 12.1 Å².